The Morgan fingerprint density at radius 2 is 2.13 bits per heavy atom. The van der Waals surface area contributed by atoms with Crippen LogP contribution in [0.5, 0.6) is 0 Å². The molecule has 1 aliphatic heterocycles. The molecular weight excluding hydrogens is 292 g/mol. The molecule has 1 aliphatic rings. The number of aryl methyl sites for hydroxylation is 2. The van der Waals surface area contributed by atoms with Gasteiger partial charge in [0, 0.05) is 57.2 Å². The van der Waals surface area contributed by atoms with Gasteiger partial charge in [-0.1, -0.05) is 0 Å². The summed E-state index contributed by atoms with van der Waals surface area (Å²) in [6.45, 7) is 9.44. The highest BCUT2D eigenvalue weighted by molar-refractivity contribution is 5.50. The predicted molar refractivity (Wildman–Crippen MR) is 89.5 cm³/mol. The normalized spacial score (nSPS) is 16.7. The molecule has 1 atom stereocenters. The molecule has 0 amide bonds. The van der Waals surface area contributed by atoms with Crippen molar-refractivity contribution in [2.45, 2.75) is 33.0 Å². The third kappa shape index (κ3) is 3.73. The zero-order chi connectivity index (χ0) is 16.2. The van der Waals surface area contributed by atoms with Crippen molar-refractivity contribution >= 4 is 5.82 Å². The summed E-state index contributed by atoms with van der Waals surface area (Å²) < 4.78 is 9.56. The third-order valence-electron chi connectivity index (χ3n) is 4.29. The van der Waals surface area contributed by atoms with E-state index in [0.717, 1.165) is 45.1 Å². The van der Waals surface area contributed by atoms with Gasteiger partial charge in [-0.25, -0.2) is 4.98 Å². The molecule has 3 rings (SSSR count). The lowest BCUT2D eigenvalue weighted by Crippen LogP contribution is -2.38. The molecule has 0 aromatic carbocycles. The van der Waals surface area contributed by atoms with Crippen molar-refractivity contribution in [3.05, 3.63) is 30.0 Å². The number of aromatic nitrogens is 4. The van der Waals surface area contributed by atoms with Crippen molar-refractivity contribution in [3.8, 4) is 0 Å². The van der Waals surface area contributed by atoms with E-state index in [2.05, 4.69) is 38.7 Å². The Kier molecular flexibility index (Phi) is 4.97. The summed E-state index contributed by atoms with van der Waals surface area (Å²) in [5.41, 5.74) is 2.38. The molecule has 0 saturated carbocycles. The highest BCUT2D eigenvalue weighted by Gasteiger charge is 2.21. The molecule has 3 heterocycles. The average Bonchev–Trinajstić information content (AvgIpc) is 3.13. The summed E-state index contributed by atoms with van der Waals surface area (Å²) in [4.78, 5) is 6.47. The Hall–Kier alpha value is -1.86. The van der Waals surface area contributed by atoms with Gasteiger partial charge in [0.15, 0.2) is 0 Å². The standard InChI is InChI=1S/C16H26N6O/c1-13(11-21-5-4-17-12-21)18-10-15-14(2)19-20(3)16(15)22-6-8-23-9-7-22/h4-5,12-13,18H,6-11H2,1-3H3/t13-/m0/s1. The smallest absolute Gasteiger partial charge is 0.131 e. The summed E-state index contributed by atoms with van der Waals surface area (Å²) in [6, 6.07) is 0.362. The number of morpholine rings is 1. The minimum atomic E-state index is 0.362. The first-order valence-corrected chi connectivity index (χ1v) is 8.19. The van der Waals surface area contributed by atoms with E-state index in [1.807, 2.05) is 30.5 Å². The first-order chi connectivity index (χ1) is 11.1. The van der Waals surface area contributed by atoms with Crippen LogP contribution in [0, 0.1) is 6.92 Å². The van der Waals surface area contributed by atoms with Crippen LogP contribution in [0.4, 0.5) is 5.82 Å². The van der Waals surface area contributed by atoms with E-state index in [-0.39, 0.29) is 0 Å². The molecule has 0 bridgehead atoms. The van der Waals surface area contributed by atoms with E-state index < -0.39 is 0 Å². The highest BCUT2D eigenvalue weighted by atomic mass is 16.5. The van der Waals surface area contributed by atoms with E-state index >= 15 is 0 Å². The lowest BCUT2D eigenvalue weighted by Gasteiger charge is -2.30. The van der Waals surface area contributed by atoms with Gasteiger partial charge in [-0.15, -0.1) is 0 Å². The zero-order valence-electron chi connectivity index (χ0n) is 14.2. The van der Waals surface area contributed by atoms with Crippen LogP contribution in [0.15, 0.2) is 18.7 Å². The monoisotopic (exact) mass is 318 g/mol. The Balaban J connectivity index is 1.67. The number of anilines is 1. The maximum absolute atomic E-state index is 5.47. The Bertz CT molecular complexity index is 615. The maximum atomic E-state index is 5.47. The first-order valence-electron chi connectivity index (χ1n) is 8.19. The number of imidazole rings is 1. The van der Waals surface area contributed by atoms with Gasteiger partial charge in [-0.3, -0.25) is 4.68 Å². The molecule has 1 saturated heterocycles. The summed E-state index contributed by atoms with van der Waals surface area (Å²) in [5, 5.41) is 8.23. The minimum Gasteiger partial charge on any atom is -0.378 e. The van der Waals surface area contributed by atoms with Crippen molar-refractivity contribution in [1.82, 2.24) is 24.6 Å². The molecule has 23 heavy (non-hydrogen) atoms. The van der Waals surface area contributed by atoms with Gasteiger partial charge in [0.1, 0.15) is 5.82 Å². The minimum absolute atomic E-state index is 0.362. The highest BCUT2D eigenvalue weighted by Crippen LogP contribution is 2.24. The van der Waals surface area contributed by atoms with E-state index in [9.17, 15) is 0 Å². The van der Waals surface area contributed by atoms with Crippen molar-refractivity contribution in [2.75, 3.05) is 31.2 Å². The van der Waals surface area contributed by atoms with Gasteiger partial charge < -0.3 is 19.5 Å². The quantitative estimate of drug-likeness (QED) is 0.859. The molecule has 0 spiro atoms. The topological polar surface area (TPSA) is 60.1 Å². The van der Waals surface area contributed by atoms with Crippen molar-refractivity contribution in [2.24, 2.45) is 7.05 Å². The lowest BCUT2D eigenvalue weighted by atomic mass is 10.2. The molecule has 1 N–H and O–H groups in total. The van der Waals surface area contributed by atoms with E-state index in [1.54, 1.807) is 0 Å². The lowest BCUT2D eigenvalue weighted by molar-refractivity contribution is 0.122. The van der Waals surface area contributed by atoms with Crippen LogP contribution < -0.4 is 10.2 Å². The first kappa shape index (κ1) is 16.0. The number of rotatable bonds is 6. The fourth-order valence-electron chi connectivity index (χ4n) is 3.12. The number of hydrogen-bond acceptors (Lipinski definition) is 5. The molecule has 2 aromatic heterocycles. The van der Waals surface area contributed by atoms with Crippen LogP contribution in [0.2, 0.25) is 0 Å². The van der Waals surface area contributed by atoms with E-state index in [4.69, 9.17) is 4.74 Å². The van der Waals surface area contributed by atoms with Crippen molar-refractivity contribution in [3.63, 3.8) is 0 Å². The van der Waals surface area contributed by atoms with Crippen molar-refractivity contribution in [1.29, 1.82) is 0 Å². The number of nitrogens with zero attached hydrogens (tertiary/aromatic N) is 5. The summed E-state index contributed by atoms with van der Waals surface area (Å²) >= 11 is 0. The summed E-state index contributed by atoms with van der Waals surface area (Å²) in [5.74, 6) is 1.22. The summed E-state index contributed by atoms with van der Waals surface area (Å²) in [7, 11) is 2.02. The van der Waals surface area contributed by atoms with Gasteiger partial charge in [0.25, 0.3) is 0 Å². The van der Waals surface area contributed by atoms with E-state index in [0.29, 0.717) is 6.04 Å². The molecule has 7 heteroatoms. The largest absolute Gasteiger partial charge is 0.378 e. The molecule has 1 fully saturated rings. The fraction of sp³-hybridized carbons (Fsp3) is 0.625. The van der Waals surface area contributed by atoms with Crippen molar-refractivity contribution < 1.29 is 4.74 Å². The molecule has 0 aliphatic carbocycles. The molecule has 2 aromatic rings. The second kappa shape index (κ2) is 7.14. The molecule has 0 unspecified atom stereocenters. The number of ether oxygens (including phenoxy) is 1. The van der Waals surface area contributed by atoms with Crippen LogP contribution in [0.25, 0.3) is 0 Å². The summed E-state index contributed by atoms with van der Waals surface area (Å²) in [6.07, 6.45) is 5.66. The molecule has 0 radical (unpaired) electrons. The average molecular weight is 318 g/mol. The zero-order valence-corrected chi connectivity index (χ0v) is 14.2. The van der Waals surface area contributed by atoms with Crippen LogP contribution >= 0.6 is 0 Å². The molecular formula is C16H26N6O. The maximum Gasteiger partial charge on any atom is 0.131 e. The van der Waals surface area contributed by atoms with Crippen LogP contribution in [-0.4, -0.2) is 51.7 Å². The number of hydrogen-bond donors (Lipinski definition) is 1. The molecule has 126 valence electrons. The van der Waals surface area contributed by atoms with Gasteiger partial charge in [-0.05, 0) is 13.8 Å². The Morgan fingerprint density at radius 3 is 2.83 bits per heavy atom. The van der Waals surface area contributed by atoms with Crippen LogP contribution in [-0.2, 0) is 24.9 Å². The van der Waals surface area contributed by atoms with Crippen LogP contribution in [0.3, 0.4) is 0 Å². The van der Waals surface area contributed by atoms with Crippen LogP contribution in [0.1, 0.15) is 18.2 Å². The second-order valence-electron chi connectivity index (χ2n) is 6.15. The molecule has 7 nitrogen and oxygen atoms in total. The third-order valence-corrected chi connectivity index (χ3v) is 4.29. The fourth-order valence-corrected chi connectivity index (χ4v) is 3.12. The predicted octanol–water partition coefficient (Wildman–Crippen LogP) is 0.940. The second-order valence-corrected chi connectivity index (χ2v) is 6.15. The SMILES string of the molecule is Cc1nn(C)c(N2CCOCC2)c1CN[C@@H](C)Cn1ccnc1. The van der Waals surface area contributed by atoms with Gasteiger partial charge >= 0.3 is 0 Å². The van der Waals surface area contributed by atoms with Gasteiger partial charge in [0.05, 0.1) is 25.2 Å². The number of nitrogens with one attached hydrogen (secondary N) is 1. The Labute approximate surface area is 137 Å². The van der Waals surface area contributed by atoms with Gasteiger partial charge in [0.2, 0.25) is 0 Å². The van der Waals surface area contributed by atoms with Gasteiger partial charge in [-0.2, -0.15) is 5.10 Å². The van der Waals surface area contributed by atoms with E-state index in [1.165, 1.54) is 11.4 Å². The Morgan fingerprint density at radius 1 is 1.35 bits per heavy atom.